The number of hydrogen-bond acceptors (Lipinski definition) is 2. The zero-order valence-corrected chi connectivity index (χ0v) is 12.0. The Balaban J connectivity index is 2.43. The van der Waals surface area contributed by atoms with Gasteiger partial charge in [0.2, 0.25) is 0 Å². The van der Waals surface area contributed by atoms with Crippen LogP contribution >= 0.6 is 0 Å². The Morgan fingerprint density at radius 2 is 2.06 bits per heavy atom. The average molecular weight is 249 g/mol. The molecule has 0 aliphatic carbocycles. The Bertz CT molecular complexity index is 325. The topological polar surface area (TPSA) is 21.3 Å². The summed E-state index contributed by atoms with van der Waals surface area (Å²) >= 11 is 0. The minimum Gasteiger partial charge on any atom is -0.494 e. The van der Waals surface area contributed by atoms with Crippen molar-refractivity contribution in [2.24, 2.45) is 5.92 Å². The van der Waals surface area contributed by atoms with Crippen molar-refractivity contribution in [1.82, 2.24) is 0 Å². The summed E-state index contributed by atoms with van der Waals surface area (Å²) in [5.74, 6) is 1.73. The molecule has 0 heterocycles. The van der Waals surface area contributed by atoms with Crippen molar-refractivity contribution < 1.29 is 4.74 Å². The van der Waals surface area contributed by atoms with Crippen LogP contribution in [0, 0.1) is 5.92 Å². The van der Waals surface area contributed by atoms with Gasteiger partial charge in [-0.05, 0) is 31.4 Å². The van der Waals surface area contributed by atoms with Gasteiger partial charge in [-0.25, -0.2) is 0 Å². The molecule has 1 atom stereocenters. The lowest BCUT2D eigenvalue weighted by Gasteiger charge is -2.16. The first-order chi connectivity index (χ1) is 8.80. The van der Waals surface area contributed by atoms with Crippen molar-refractivity contribution >= 4 is 5.69 Å². The van der Waals surface area contributed by atoms with E-state index in [9.17, 15) is 0 Å². The van der Waals surface area contributed by atoms with Gasteiger partial charge >= 0.3 is 0 Å². The highest BCUT2D eigenvalue weighted by atomic mass is 16.5. The van der Waals surface area contributed by atoms with Crippen molar-refractivity contribution in [2.75, 3.05) is 18.5 Å². The van der Waals surface area contributed by atoms with Gasteiger partial charge in [-0.2, -0.15) is 0 Å². The molecule has 1 aromatic carbocycles. The van der Waals surface area contributed by atoms with Gasteiger partial charge in [-0.15, -0.1) is 0 Å². The summed E-state index contributed by atoms with van der Waals surface area (Å²) in [6.45, 7) is 8.33. The van der Waals surface area contributed by atoms with Crippen molar-refractivity contribution in [3.8, 4) is 5.75 Å². The Kier molecular flexibility index (Phi) is 7.31. The van der Waals surface area contributed by atoms with Crippen LogP contribution < -0.4 is 10.1 Å². The molecular formula is C16H27NO. The normalized spacial score (nSPS) is 12.2. The van der Waals surface area contributed by atoms with Crippen LogP contribution in [-0.4, -0.2) is 13.2 Å². The van der Waals surface area contributed by atoms with E-state index in [1.807, 2.05) is 19.1 Å². The van der Waals surface area contributed by atoms with E-state index in [0.29, 0.717) is 0 Å². The van der Waals surface area contributed by atoms with E-state index < -0.39 is 0 Å². The molecule has 2 heteroatoms. The van der Waals surface area contributed by atoms with Crippen molar-refractivity contribution in [3.63, 3.8) is 0 Å². The largest absolute Gasteiger partial charge is 0.494 e. The number of rotatable bonds is 9. The molecule has 0 radical (unpaired) electrons. The third-order valence-electron chi connectivity index (χ3n) is 3.28. The van der Waals surface area contributed by atoms with Crippen LogP contribution in [0.15, 0.2) is 24.3 Å². The molecule has 0 amide bonds. The van der Waals surface area contributed by atoms with Crippen LogP contribution in [0.5, 0.6) is 5.75 Å². The second kappa shape index (κ2) is 8.84. The summed E-state index contributed by atoms with van der Waals surface area (Å²) in [5, 5.41) is 3.52. The lowest BCUT2D eigenvalue weighted by molar-refractivity contribution is 0.340. The van der Waals surface area contributed by atoms with Crippen LogP contribution in [0.3, 0.4) is 0 Å². The second-order valence-corrected chi connectivity index (χ2v) is 4.76. The third kappa shape index (κ3) is 5.44. The Morgan fingerprint density at radius 3 is 2.72 bits per heavy atom. The predicted octanol–water partition coefficient (Wildman–Crippen LogP) is 4.71. The number of benzene rings is 1. The molecule has 0 spiro atoms. The zero-order valence-electron chi connectivity index (χ0n) is 12.0. The number of anilines is 1. The molecule has 0 aliphatic heterocycles. The molecule has 0 fully saturated rings. The van der Waals surface area contributed by atoms with E-state index in [1.165, 1.54) is 25.7 Å². The molecule has 0 aliphatic rings. The molecule has 1 aromatic rings. The number of unbranched alkanes of at least 4 members (excludes halogenated alkanes) is 1. The average Bonchev–Trinajstić information content (AvgIpc) is 2.40. The SMILES string of the molecule is CCCCC(CC)CNc1cccc(OCC)c1. The van der Waals surface area contributed by atoms with Crippen LogP contribution in [0.2, 0.25) is 0 Å². The van der Waals surface area contributed by atoms with E-state index >= 15 is 0 Å². The van der Waals surface area contributed by atoms with Gasteiger partial charge in [0.15, 0.2) is 0 Å². The first-order valence-electron chi connectivity index (χ1n) is 7.26. The fourth-order valence-electron chi connectivity index (χ4n) is 2.07. The Morgan fingerprint density at radius 1 is 1.22 bits per heavy atom. The van der Waals surface area contributed by atoms with Gasteiger partial charge in [0, 0.05) is 18.3 Å². The van der Waals surface area contributed by atoms with E-state index in [-0.39, 0.29) is 0 Å². The smallest absolute Gasteiger partial charge is 0.121 e. The van der Waals surface area contributed by atoms with Gasteiger partial charge in [0.05, 0.1) is 6.61 Å². The van der Waals surface area contributed by atoms with Crippen LogP contribution in [0.4, 0.5) is 5.69 Å². The Hall–Kier alpha value is -1.18. The third-order valence-corrected chi connectivity index (χ3v) is 3.28. The minimum atomic E-state index is 0.720. The highest BCUT2D eigenvalue weighted by Gasteiger charge is 2.05. The van der Waals surface area contributed by atoms with Crippen molar-refractivity contribution in [2.45, 2.75) is 46.5 Å². The van der Waals surface area contributed by atoms with Crippen LogP contribution in [0.1, 0.15) is 46.5 Å². The summed E-state index contributed by atoms with van der Waals surface area (Å²) in [5.41, 5.74) is 1.16. The highest BCUT2D eigenvalue weighted by molar-refractivity contribution is 5.48. The molecule has 1 unspecified atom stereocenters. The van der Waals surface area contributed by atoms with Gasteiger partial charge in [-0.1, -0.05) is 39.2 Å². The lowest BCUT2D eigenvalue weighted by atomic mass is 9.99. The summed E-state index contributed by atoms with van der Waals surface area (Å²) in [4.78, 5) is 0. The van der Waals surface area contributed by atoms with Crippen LogP contribution in [-0.2, 0) is 0 Å². The molecule has 102 valence electrons. The van der Waals surface area contributed by atoms with Gasteiger partial charge < -0.3 is 10.1 Å². The maximum atomic E-state index is 5.50. The second-order valence-electron chi connectivity index (χ2n) is 4.76. The first kappa shape index (κ1) is 14.9. The molecule has 2 nitrogen and oxygen atoms in total. The monoisotopic (exact) mass is 249 g/mol. The molecular weight excluding hydrogens is 222 g/mol. The van der Waals surface area contributed by atoms with Gasteiger partial charge in [0.1, 0.15) is 5.75 Å². The maximum Gasteiger partial charge on any atom is 0.121 e. The standard InChI is InChI=1S/C16H27NO/c1-4-7-9-14(5-2)13-17-15-10-8-11-16(12-15)18-6-3/h8,10-12,14,17H,4-7,9,13H2,1-3H3. The summed E-state index contributed by atoms with van der Waals surface area (Å²) in [7, 11) is 0. The van der Waals surface area contributed by atoms with Gasteiger partial charge in [-0.3, -0.25) is 0 Å². The van der Waals surface area contributed by atoms with Crippen molar-refractivity contribution in [1.29, 1.82) is 0 Å². The molecule has 0 bridgehead atoms. The minimum absolute atomic E-state index is 0.720. The zero-order chi connectivity index (χ0) is 13.2. The molecule has 0 saturated carbocycles. The molecule has 1 N–H and O–H groups in total. The van der Waals surface area contributed by atoms with E-state index in [2.05, 4.69) is 31.3 Å². The molecule has 1 rings (SSSR count). The lowest BCUT2D eigenvalue weighted by Crippen LogP contribution is -2.13. The Labute approximate surface area is 112 Å². The molecule has 0 saturated heterocycles. The molecule has 0 aromatic heterocycles. The first-order valence-corrected chi connectivity index (χ1v) is 7.26. The summed E-state index contributed by atoms with van der Waals surface area (Å²) < 4.78 is 5.50. The van der Waals surface area contributed by atoms with Crippen molar-refractivity contribution in [3.05, 3.63) is 24.3 Å². The number of nitrogens with one attached hydrogen (secondary N) is 1. The highest BCUT2D eigenvalue weighted by Crippen LogP contribution is 2.19. The van der Waals surface area contributed by atoms with Crippen LogP contribution in [0.25, 0.3) is 0 Å². The van der Waals surface area contributed by atoms with E-state index in [4.69, 9.17) is 4.74 Å². The molecule has 18 heavy (non-hydrogen) atoms. The fraction of sp³-hybridized carbons (Fsp3) is 0.625. The number of hydrogen-bond donors (Lipinski definition) is 1. The van der Waals surface area contributed by atoms with E-state index in [1.54, 1.807) is 0 Å². The fourth-order valence-corrected chi connectivity index (χ4v) is 2.07. The summed E-state index contributed by atoms with van der Waals surface area (Å²) in [6.07, 6.45) is 5.19. The van der Waals surface area contributed by atoms with E-state index in [0.717, 1.165) is 30.5 Å². The maximum absolute atomic E-state index is 5.50. The summed E-state index contributed by atoms with van der Waals surface area (Å²) in [6, 6.07) is 8.23. The number of ether oxygens (including phenoxy) is 1. The quantitative estimate of drug-likeness (QED) is 0.684. The predicted molar refractivity (Wildman–Crippen MR) is 79.4 cm³/mol. The van der Waals surface area contributed by atoms with Gasteiger partial charge in [0.25, 0.3) is 0 Å².